The molecule has 0 bridgehead atoms. The van der Waals surface area contributed by atoms with Crippen LogP contribution in [0.5, 0.6) is 0 Å². The van der Waals surface area contributed by atoms with Crippen LogP contribution in [-0.2, 0) is 6.54 Å². The molecule has 0 amide bonds. The molecule has 2 atom stereocenters. The van der Waals surface area contributed by atoms with Crippen molar-refractivity contribution < 1.29 is 4.48 Å². The van der Waals surface area contributed by atoms with Crippen LogP contribution in [0.1, 0.15) is 24.8 Å². The summed E-state index contributed by atoms with van der Waals surface area (Å²) < 4.78 is 0.970. The van der Waals surface area contributed by atoms with Gasteiger partial charge in [-0.3, -0.25) is 14.3 Å². The molecule has 1 fully saturated rings. The average Bonchev–Trinajstić information content (AvgIpc) is 2.99. The molecule has 0 N–H and O–H groups in total. The Hall–Kier alpha value is -1.75. The van der Waals surface area contributed by atoms with E-state index in [0.29, 0.717) is 6.17 Å². The van der Waals surface area contributed by atoms with Gasteiger partial charge in [-0.15, -0.1) is 0 Å². The molecule has 1 aromatic rings. The van der Waals surface area contributed by atoms with Crippen LogP contribution >= 0.6 is 11.8 Å². The minimum atomic E-state index is 0.365. The van der Waals surface area contributed by atoms with E-state index in [2.05, 4.69) is 76.0 Å². The highest BCUT2D eigenvalue weighted by Gasteiger charge is 2.49. The third-order valence-corrected chi connectivity index (χ3v) is 6.72. The first-order valence-electron chi connectivity index (χ1n) is 9.71. The fourth-order valence-corrected chi connectivity index (χ4v) is 5.55. The topological polar surface area (TPSA) is 6.48 Å². The van der Waals surface area contributed by atoms with Gasteiger partial charge < -0.3 is 0 Å². The number of piperidine rings is 1. The monoisotopic (exact) mass is 364 g/mol. The van der Waals surface area contributed by atoms with Gasteiger partial charge in [-0.2, -0.15) is 0 Å². The molecule has 0 radical (unpaired) electrons. The largest absolute Gasteiger partial charge is 0.276 e. The molecule has 4 heteroatoms. The standard InChI is InChI=1S/C22H26N3S/c1-3-8-19(9-4-1)16-25(18-23-13-5-2-6-14-23)17-20-12-15-26-22-11-7-10-21(25)24(20)22/h1,3-4,7-12,15,17,21H,2,5-6,13-14,16,18H2/q+1. The van der Waals surface area contributed by atoms with E-state index in [1.807, 2.05) is 11.8 Å². The fourth-order valence-electron chi connectivity index (χ4n) is 4.72. The van der Waals surface area contributed by atoms with Crippen LogP contribution in [0, 0.1) is 0 Å². The summed E-state index contributed by atoms with van der Waals surface area (Å²) in [7, 11) is 0. The summed E-state index contributed by atoms with van der Waals surface area (Å²) in [6.45, 7) is 4.61. The highest BCUT2D eigenvalue weighted by Crippen LogP contribution is 2.45. The first-order valence-corrected chi connectivity index (χ1v) is 10.6. The van der Waals surface area contributed by atoms with Crippen LogP contribution in [0.2, 0.25) is 0 Å². The highest BCUT2D eigenvalue weighted by molar-refractivity contribution is 8.05. The summed E-state index contributed by atoms with van der Waals surface area (Å²) >= 11 is 1.84. The predicted molar refractivity (Wildman–Crippen MR) is 108 cm³/mol. The molecular weight excluding hydrogens is 338 g/mol. The van der Waals surface area contributed by atoms with Gasteiger partial charge in [0.2, 0.25) is 0 Å². The lowest BCUT2D eigenvalue weighted by Crippen LogP contribution is -2.57. The van der Waals surface area contributed by atoms with E-state index < -0.39 is 0 Å². The van der Waals surface area contributed by atoms with Crippen molar-refractivity contribution in [2.24, 2.45) is 0 Å². The fraction of sp³-hybridized carbons (Fsp3) is 0.364. The minimum Gasteiger partial charge on any atom is -0.276 e. The second-order valence-corrected chi connectivity index (χ2v) is 8.64. The van der Waals surface area contributed by atoms with Gasteiger partial charge in [0.15, 0.2) is 6.17 Å². The second-order valence-electron chi connectivity index (χ2n) is 7.71. The molecule has 26 heavy (non-hydrogen) atoms. The summed E-state index contributed by atoms with van der Waals surface area (Å²) in [5.41, 5.74) is 2.78. The van der Waals surface area contributed by atoms with Gasteiger partial charge in [-0.05, 0) is 36.5 Å². The molecule has 0 aromatic heterocycles. The van der Waals surface area contributed by atoms with E-state index in [-0.39, 0.29) is 0 Å². The Morgan fingerprint density at radius 1 is 1.08 bits per heavy atom. The van der Waals surface area contributed by atoms with Crippen molar-refractivity contribution in [3.63, 3.8) is 0 Å². The zero-order chi connectivity index (χ0) is 17.4. The first-order chi connectivity index (χ1) is 12.8. The maximum absolute atomic E-state index is 2.69. The van der Waals surface area contributed by atoms with E-state index in [4.69, 9.17) is 0 Å². The normalized spacial score (nSPS) is 30.2. The van der Waals surface area contributed by atoms with Crippen molar-refractivity contribution in [3.8, 4) is 0 Å². The average molecular weight is 365 g/mol. The van der Waals surface area contributed by atoms with Crippen LogP contribution < -0.4 is 0 Å². The number of benzene rings is 1. The Morgan fingerprint density at radius 2 is 1.92 bits per heavy atom. The van der Waals surface area contributed by atoms with Gasteiger partial charge >= 0.3 is 0 Å². The molecule has 134 valence electrons. The third-order valence-electron chi connectivity index (χ3n) is 5.88. The van der Waals surface area contributed by atoms with Crippen LogP contribution in [-0.4, -0.2) is 40.2 Å². The van der Waals surface area contributed by atoms with Gasteiger partial charge in [-0.1, -0.05) is 54.6 Å². The number of allylic oxidation sites excluding steroid dienone is 3. The van der Waals surface area contributed by atoms with E-state index in [1.54, 1.807) is 0 Å². The molecule has 0 saturated carbocycles. The number of rotatable bonds is 4. The number of nitrogens with zero attached hydrogens (tertiary/aromatic N) is 3. The van der Waals surface area contributed by atoms with Gasteiger partial charge in [0.1, 0.15) is 25.1 Å². The molecule has 1 saturated heterocycles. The number of thioether (sulfide) groups is 1. The van der Waals surface area contributed by atoms with E-state index >= 15 is 0 Å². The highest BCUT2D eigenvalue weighted by atomic mass is 32.2. The third kappa shape index (κ3) is 2.86. The summed E-state index contributed by atoms with van der Waals surface area (Å²) in [6.07, 6.45) is 16.2. The smallest absolute Gasteiger partial charge is 0.195 e. The van der Waals surface area contributed by atoms with Crippen LogP contribution in [0.4, 0.5) is 0 Å². The summed E-state index contributed by atoms with van der Waals surface area (Å²) in [4.78, 5) is 5.22. The van der Waals surface area contributed by atoms with Crippen molar-refractivity contribution >= 4 is 11.8 Å². The number of quaternary nitrogens is 1. The number of hydrogen-bond donors (Lipinski definition) is 0. The molecule has 0 spiro atoms. The number of hydrogen-bond acceptors (Lipinski definition) is 3. The summed E-state index contributed by atoms with van der Waals surface area (Å²) in [5, 5.41) is 3.59. The Balaban J connectivity index is 1.54. The SMILES string of the molecule is C1=CC2N3C(=C[N+]2(Cc2ccccc2)CN2CCCCC2)C=CSC3=C1. The first kappa shape index (κ1) is 16.4. The molecule has 2 unspecified atom stereocenters. The quantitative estimate of drug-likeness (QED) is 0.721. The number of likely N-dealkylation sites (tertiary alicyclic amines) is 1. The molecule has 4 aliphatic rings. The van der Waals surface area contributed by atoms with Crippen molar-refractivity contribution in [2.75, 3.05) is 19.8 Å². The van der Waals surface area contributed by atoms with Crippen LogP contribution in [0.15, 0.2) is 77.0 Å². The van der Waals surface area contributed by atoms with E-state index in [9.17, 15) is 0 Å². The maximum atomic E-state index is 2.69. The summed E-state index contributed by atoms with van der Waals surface area (Å²) in [6, 6.07) is 11.0. The molecular formula is C22H26N3S+. The molecule has 4 heterocycles. The lowest BCUT2D eigenvalue weighted by atomic mass is 10.1. The lowest BCUT2D eigenvalue weighted by Gasteiger charge is -2.44. The van der Waals surface area contributed by atoms with E-state index in [1.165, 1.54) is 48.6 Å². The Kier molecular flexibility index (Phi) is 4.27. The Morgan fingerprint density at radius 3 is 2.77 bits per heavy atom. The summed E-state index contributed by atoms with van der Waals surface area (Å²) in [5.74, 6) is 0. The maximum Gasteiger partial charge on any atom is 0.195 e. The second kappa shape index (κ2) is 6.76. The Labute approximate surface area is 160 Å². The van der Waals surface area contributed by atoms with E-state index in [0.717, 1.165) is 17.7 Å². The Bertz CT molecular complexity index is 789. The molecule has 3 nitrogen and oxygen atoms in total. The zero-order valence-electron chi connectivity index (χ0n) is 15.1. The van der Waals surface area contributed by atoms with Crippen molar-refractivity contribution in [3.05, 3.63) is 82.5 Å². The molecule has 1 aromatic carbocycles. The molecule has 4 aliphatic heterocycles. The van der Waals surface area contributed by atoms with Gasteiger partial charge in [0, 0.05) is 18.7 Å². The zero-order valence-corrected chi connectivity index (χ0v) is 15.9. The predicted octanol–water partition coefficient (Wildman–Crippen LogP) is 4.60. The van der Waals surface area contributed by atoms with Crippen LogP contribution in [0.3, 0.4) is 0 Å². The molecule has 5 rings (SSSR count). The van der Waals surface area contributed by atoms with Gasteiger partial charge in [0.25, 0.3) is 0 Å². The lowest BCUT2D eigenvalue weighted by molar-refractivity contribution is -0.922. The van der Waals surface area contributed by atoms with Gasteiger partial charge in [-0.25, -0.2) is 0 Å². The van der Waals surface area contributed by atoms with Crippen molar-refractivity contribution in [1.29, 1.82) is 0 Å². The van der Waals surface area contributed by atoms with Gasteiger partial charge in [0.05, 0.1) is 5.03 Å². The van der Waals surface area contributed by atoms with Crippen LogP contribution in [0.25, 0.3) is 0 Å². The minimum absolute atomic E-state index is 0.365. The van der Waals surface area contributed by atoms with Crippen molar-refractivity contribution in [1.82, 2.24) is 9.80 Å². The van der Waals surface area contributed by atoms with Crippen molar-refractivity contribution in [2.45, 2.75) is 32.0 Å². The molecule has 0 aliphatic carbocycles.